The fraction of sp³-hybridized carbons (Fsp3) is 0.556. The van der Waals surface area contributed by atoms with Crippen molar-refractivity contribution in [1.29, 1.82) is 0 Å². The van der Waals surface area contributed by atoms with Gasteiger partial charge in [0, 0.05) is 32.1 Å². The number of H-pyrrole nitrogens is 1. The molecule has 0 spiro atoms. The van der Waals surface area contributed by atoms with Crippen molar-refractivity contribution in [1.82, 2.24) is 20.6 Å². The molecule has 1 unspecified atom stereocenters. The van der Waals surface area contributed by atoms with Crippen molar-refractivity contribution in [2.45, 2.75) is 18.9 Å². The molecule has 0 radical (unpaired) electrons. The summed E-state index contributed by atoms with van der Waals surface area (Å²) in [7, 11) is 1.65. The number of nitrogens with one attached hydrogen (secondary N) is 3. The van der Waals surface area contributed by atoms with Crippen LogP contribution in [-0.2, 0) is 11.2 Å². The lowest BCUT2D eigenvalue weighted by atomic mass is 10.0. The van der Waals surface area contributed by atoms with E-state index in [0.29, 0.717) is 6.42 Å². The number of rotatable bonds is 2. The molecule has 14 heavy (non-hydrogen) atoms. The number of aromatic amines is 1. The van der Waals surface area contributed by atoms with E-state index in [4.69, 9.17) is 0 Å². The predicted molar refractivity (Wildman–Crippen MR) is 51.7 cm³/mol. The molecule has 0 aliphatic carbocycles. The van der Waals surface area contributed by atoms with Crippen molar-refractivity contribution in [3.05, 3.63) is 17.7 Å². The van der Waals surface area contributed by atoms with Gasteiger partial charge < -0.3 is 15.6 Å². The summed E-state index contributed by atoms with van der Waals surface area (Å²) in [5, 5.41) is 5.90. The number of fused-ring (bicyclic) bond motifs is 1. The highest BCUT2D eigenvalue weighted by atomic mass is 16.1. The number of aromatic nitrogens is 2. The third-order valence-corrected chi connectivity index (χ3v) is 2.52. The molecule has 0 saturated heterocycles. The largest absolute Gasteiger partial charge is 0.359 e. The Morgan fingerprint density at radius 3 is 3.43 bits per heavy atom. The Kier molecular flexibility index (Phi) is 2.49. The molecule has 1 amide bonds. The van der Waals surface area contributed by atoms with Crippen molar-refractivity contribution in [2.24, 2.45) is 0 Å². The predicted octanol–water partition coefficient (Wildman–Crippen LogP) is -0.267. The third-order valence-electron chi connectivity index (χ3n) is 2.52. The van der Waals surface area contributed by atoms with E-state index in [1.54, 1.807) is 13.4 Å². The lowest BCUT2D eigenvalue weighted by Crippen LogP contribution is -2.33. The number of hydrogen-bond acceptors (Lipinski definition) is 3. The molecule has 1 aliphatic rings. The molecule has 0 bridgehead atoms. The minimum Gasteiger partial charge on any atom is -0.359 e. The van der Waals surface area contributed by atoms with Crippen LogP contribution in [0.5, 0.6) is 0 Å². The summed E-state index contributed by atoms with van der Waals surface area (Å²) in [4.78, 5) is 18.5. The van der Waals surface area contributed by atoms with Gasteiger partial charge in [0.25, 0.3) is 0 Å². The highest BCUT2D eigenvalue weighted by molar-refractivity contribution is 5.76. The number of carbonyl (C=O) groups excluding carboxylic acids is 1. The molecule has 5 heteroatoms. The maximum Gasteiger partial charge on any atom is 0.221 e. The Morgan fingerprint density at radius 1 is 1.79 bits per heavy atom. The number of hydrogen-bond donors (Lipinski definition) is 3. The van der Waals surface area contributed by atoms with Crippen LogP contribution in [0.3, 0.4) is 0 Å². The average molecular weight is 194 g/mol. The molecule has 0 aromatic carbocycles. The van der Waals surface area contributed by atoms with Crippen LogP contribution in [-0.4, -0.2) is 29.5 Å². The van der Waals surface area contributed by atoms with E-state index in [9.17, 15) is 4.79 Å². The average Bonchev–Trinajstić information content (AvgIpc) is 2.66. The molecule has 0 fully saturated rings. The molecule has 5 nitrogen and oxygen atoms in total. The standard InChI is InChI=1S/C9H14N4O/c1-10-8(14)4-7-9-6(2-3-11-7)12-5-13-9/h5,7,11H,2-4H2,1H3,(H,10,14)(H,12,13). The van der Waals surface area contributed by atoms with Gasteiger partial charge in [-0.05, 0) is 0 Å². The van der Waals surface area contributed by atoms with Crippen molar-refractivity contribution < 1.29 is 4.79 Å². The molecule has 76 valence electrons. The second-order valence-corrected chi connectivity index (χ2v) is 3.40. The summed E-state index contributed by atoms with van der Waals surface area (Å²) < 4.78 is 0. The second-order valence-electron chi connectivity index (χ2n) is 3.40. The first-order valence-corrected chi connectivity index (χ1v) is 4.77. The van der Waals surface area contributed by atoms with Crippen molar-refractivity contribution >= 4 is 5.91 Å². The highest BCUT2D eigenvalue weighted by Gasteiger charge is 2.23. The van der Waals surface area contributed by atoms with E-state index in [-0.39, 0.29) is 11.9 Å². The Hall–Kier alpha value is -1.36. The fourth-order valence-electron chi connectivity index (χ4n) is 1.76. The smallest absolute Gasteiger partial charge is 0.221 e. The Bertz CT molecular complexity index is 333. The normalized spacial score (nSPS) is 20.2. The van der Waals surface area contributed by atoms with Gasteiger partial charge >= 0.3 is 0 Å². The molecular formula is C9H14N4O. The summed E-state index contributed by atoms with van der Waals surface area (Å²) in [6, 6.07) is 0.0601. The van der Waals surface area contributed by atoms with Crippen LogP contribution in [0, 0.1) is 0 Å². The van der Waals surface area contributed by atoms with E-state index in [0.717, 1.165) is 24.4 Å². The number of nitrogens with zero attached hydrogens (tertiary/aromatic N) is 1. The van der Waals surface area contributed by atoms with E-state index >= 15 is 0 Å². The lowest BCUT2D eigenvalue weighted by Gasteiger charge is -2.22. The van der Waals surface area contributed by atoms with Crippen LogP contribution in [0.15, 0.2) is 6.33 Å². The zero-order valence-electron chi connectivity index (χ0n) is 8.13. The molecule has 2 rings (SSSR count). The van der Waals surface area contributed by atoms with Crippen LogP contribution in [0.1, 0.15) is 23.9 Å². The van der Waals surface area contributed by atoms with Crippen LogP contribution in [0.25, 0.3) is 0 Å². The zero-order chi connectivity index (χ0) is 9.97. The maximum absolute atomic E-state index is 11.2. The molecule has 1 atom stereocenters. The van der Waals surface area contributed by atoms with Crippen molar-refractivity contribution in [2.75, 3.05) is 13.6 Å². The first kappa shape index (κ1) is 9.21. The topological polar surface area (TPSA) is 69.8 Å². The molecule has 2 heterocycles. The Balaban J connectivity index is 2.12. The van der Waals surface area contributed by atoms with E-state index in [1.165, 1.54) is 0 Å². The van der Waals surface area contributed by atoms with Gasteiger partial charge in [0.2, 0.25) is 5.91 Å². The molecule has 1 aliphatic heterocycles. The summed E-state index contributed by atoms with van der Waals surface area (Å²) in [5.41, 5.74) is 2.14. The van der Waals surface area contributed by atoms with Gasteiger partial charge in [0.1, 0.15) is 0 Å². The zero-order valence-corrected chi connectivity index (χ0v) is 8.13. The van der Waals surface area contributed by atoms with Gasteiger partial charge in [-0.25, -0.2) is 4.98 Å². The molecule has 1 aromatic rings. The summed E-state index contributed by atoms with van der Waals surface area (Å²) in [5.74, 6) is 0.0401. The van der Waals surface area contributed by atoms with E-state index < -0.39 is 0 Å². The third kappa shape index (κ3) is 1.63. The van der Waals surface area contributed by atoms with Gasteiger partial charge in [-0.3, -0.25) is 4.79 Å². The van der Waals surface area contributed by atoms with Crippen LogP contribution >= 0.6 is 0 Å². The SMILES string of the molecule is CNC(=O)CC1NCCc2[nH]cnc21. The second kappa shape index (κ2) is 3.79. The fourth-order valence-corrected chi connectivity index (χ4v) is 1.76. The first-order valence-electron chi connectivity index (χ1n) is 4.77. The summed E-state index contributed by atoms with van der Waals surface area (Å²) in [6.45, 7) is 0.900. The van der Waals surface area contributed by atoms with Gasteiger partial charge in [0.05, 0.1) is 18.1 Å². The van der Waals surface area contributed by atoms with Crippen molar-refractivity contribution in [3.63, 3.8) is 0 Å². The number of carbonyl (C=O) groups is 1. The maximum atomic E-state index is 11.2. The van der Waals surface area contributed by atoms with Gasteiger partial charge in [-0.15, -0.1) is 0 Å². The quantitative estimate of drug-likeness (QED) is 0.607. The molecule has 1 aromatic heterocycles. The first-order chi connectivity index (χ1) is 6.81. The number of imidazole rings is 1. The molecule has 0 saturated carbocycles. The Morgan fingerprint density at radius 2 is 2.64 bits per heavy atom. The lowest BCUT2D eigenvalue weighted by molar-refractivity contribution is -0.121. The minimum atomic E-state index is 0.0401. The van der Waals surface area contributed by atoms with E-state index in [1.807, 2.05) is 0 Å². The summed E-state index contributed by atoms with van der Waals surface area (Å²) in [6.07, 6.45) is 3.10. The summed E-state index contributed by atoms with van der Waals surface area (Å²) >= 11 is 0. The van der Waals surface area contributed by atoms with Gasteiger partial charge in [0.15, 0.2) is 0 Å². The monoisotopic (exact) mass is 194 g/mol. The van der Waals surface area contributed by atoms with Crippen LogP contribution in [0.2, 0.25) is 0 Å². The van der Waals surface area contributed by atoms with Crippen LogP contribution < -0.4 is 10.6 Å². The minimum absolute atomic E-state index is 0.0401. The van der Waals surface area contributed by atoms with E-state index in [2.05, 4.69) is 20.6 Å². The highest BCUT2D eigenvalue weighted by Crippen LogP contribution is 2.21. The van der Waals surface area contributed by atoms with Gasteiger partial charge in [-0.2, -0.15) is 0 Å². The van der Waals surface area contributed by atoms with Crippen LogP contribution in [0.4, 0.5) is 0 Å². The van der Waals surface area contributed by atoms with Crippen molar-refractivity contribution in [3.8, 4) is 0 Å². The number of amides is 1. The Labute approximate surface area is 82.3 Å². The molecular weight excluding hydrogens is 180 g/mol. The molecule has 3 N–H and O–H groups in total. The van der Waals surface area contributed by atoms with Gasteiger partial charge in [-0.1, -0.05) is 0 Å².